The van der Waals surface area contributed by atoms with Gasteiger partial charge < -0.3 is 4.42 Å². The van der Waals surface area contributed by atoms with E-state index in [-0.39, 0.29) is 16.8 Å². The molecule has 2 aromatic rings. The first-order valence-electron chi connectivity index (χ1n) is 5.09. The number of carbonyl (C=O) groups is 1. The summed E-state index contributed by atoms with van der Waals surface area (Å²) >= 11 is 5.63. The largest absolute Gasteiger partial charge is 0.441 e. The average molecular weight is 235 g/mol. The Bertz CT molecular complexity index is 514. The Morgan fingerprint density at radius 3 is 2.75 bits per heavy atom. The van der Waals surface area contributed by atoms with Gasteiger partial charge in [-0.25, -0.2) is 0 Å². The van der Waals surface area contributed by atoms with Crippen molar-refractivity contribution in [3.05, 3.63) is 58.5 Å². The van der Waals surface area contributed by atoms with Gasteiger partial charge in [-0.2, -0.15) is 0 Å². The van der Waals surface area contributed by atoms with Crippen molar-refractivity contribution in [3.63, 3.8) is 0 Å². The Labute approximate surface area is 98.8 Å². The Kier molecular flexibility index (Phi) is 3.11. The molecule has 0 N–H and O–H groups in total. The first-order valence-corrected chi connectivity index (χ1v) is 5.47. The number of carbonyl (C=O) groups excluding carboxylic acids is 1. The third kappa shape index (κ3) is 2.17. The first kappa shape index (κ1) is 11.0. The summed E-state index contributed by atoms with van der Waals surface area (Å²) < 4.78 is 5.09. The fourth-order valence-electron chi connectivity index (χ4n) is 1.51. The smallest absolute Gasteiger partial charge is 0.228 e. The predicted octanol–water partition coefficient (Wildman–Crippen LogP) is 3.73. The summed E-state index contributed by atoms with van der Waals surface area (Å²) in [5, 5.41) is 0.231. The van der Waals surface area contributed by atoms with E-state index in [0.29, 0.717) is 5.56 Å². The van der Waals surface area contributed by atoms with Gasteiger partial charge in [0, 0.05) is 5.56 Å². The van der Waals surface area contributed by atoms with Crippen LogP contribution in [0.1, 0.15) is 28.6 Å². The van der Waals surface area contributed by atoms with Crippen LogP contribution in [0.3, 0.4) is 0 Å². The molecule has 0 unspecified atom stereocenters. The van der Waals surface area contributed by atoms with Gasteiger partial charge in [0.25, 0.3) is 0 Å². The zero-order valence-corrected chi connectivity index (χ0v) is 9.62. The highest BCUT2D eigenvalue weighted by Gasteiger charge is 2.13. The van der Waals surface area contributed by atoms with Crippen molar-refractivity contribution in [1.29, 1.82) is 0 Å². The maximum absolute atomic E-state index is 12.0. The van der Waals surface area contributed by atoms with Crippen LogP contribution in [-0.4, -0.2) is 5.78 Å². The second-order valence-corrected chi connectivity index (χ2v) is 3.86. The minimum Gasteiger partial charge on any atom is -0.441 e. The van der Waals surface area contributed by atoms with Crippen molar-refractivity contribution in [2.75, 3.05) is 0 Å². The van der Waals surface area contributed by atoms with Crippen LogP contribution in [0, 0.1) is 0 Å². The molecule has 2 nitrogen and oxygen atoms in total. The van der Waals surface area contributed by atoms with Crippen molar-refractivity contribution >= 4 is 17.4 Å². The first-order chi connectivity index (χ1) is 7.70. The van der Waals surface area contributed by atoms with Crippen LogP contribution in [0.2, 0.25) is 5.22 Å². The van der Waals surface area contributed by atoms with Gasteiger partial charge in [0.2, 0.25) is 5.78 Å². The molecule has 0 atom stereocenters. The van der Waals surface area contributed by atoms with Crippen LogP contribution in [-0.2, 0) is 6.42 Å². The van der Waals surface area contributed by atoms with Gasteiger partial charge in [-0.15, -0.1) is 0 Å². The van der Waals surface area contributed by atoms with Crippen LogP contribution in [0.15, 0.2) is 40.8 Å². The molecular formula is C13H11ClO2. The second kappa shape index (κ2) is 4.54. The molecule has 1 aromatic carbocycles. The summed E-state index contributed by atoms with van der Waals surface area (Å²) in [7, 11) is 0. The molecule has 0 aliphatic heterocycles. The molecule has 0 aliphatic carbocycles. The van der Waals surface area contributed by atoms with E-state index in [1.807, 2.05) is 25.1 Å². The SMILES string of the molecule is CCc1cccc(C(=O)c2ccc(Cl)o2)c1. The van der Waals surface area contributed by atoms with Gasteiger partial charge in [0.15, 0.2) is 11.0 Å². The number of ketones is 1. The Balaban J connectivity index is 2.33. The van der Waals surface area contributed by atoms with Gasteiger partial charge in [-0.3, -0.25) is 4.79 Å². The molecule has 0 radical (unpaired) electrons. The monoisotopic (exact) mass is 234 g/mol. The van der Waals surface area contributed by atoms with E-state index >= 15 is 0 Å². The van der Waals surface area contributed by atoms with Crippen molar-refractivity contribution in [3.8, 4) is 0 Å². The van der Waals surface area contributed by atoms with Crippen LogP contribution >= 0.6 is 11.6 Å². The maximum atomic E-state index is 12.0. The van der Waals surface area contributed by atoms with Crippen molar-refractivity contribution in [1.82, 2.24) is 0 Å². The number of rotatable bonds is 3. The van der Waals surface area contributed by atoms with Crippen molar-refractivity contribution in [2.24, 2.45) is 0 Å². The summed E-state index contributed by atoms with van der Waals surface area (Å²) in [6.07, 6.45) is 0.903. The molecule has 1 aromatic heterocycles. The van der Waals surface area contributed by atoms with Crippen molar-refractivity contribution < 1.29 is 9.21 Å². The highest BCUT2D eigenvalue weighted by Crippen LogP contribution is 2.17. The fraction of sp³-hybridized carbons (Fsp3) is 0.154. The minimum absolute atomic E-state index is 0.137. The molecule has 0 saturated heterocycles. The summed E-state index contributed by atoms with van der Waals surface area (Å²) in [5.41, 5.74) is 1.76. The Hall–Kier alpha value is -1.54. The molecule has 0 saturated carbocycles. The van der Waals surface area contributed by atoms with Crippen LogP contribution in [0.25, 0.3) is 0 Å². The molecule has 1 heterocycles. The lowest BCUT2D eigenvalue weighted by molar-refractivity contribution is 0.101. The standard InChI is InChI=1S/C13H11ClO2/c1-2-9-4-3-5-10(8-9)13(15)11-6-7-12(14)16-11/h3-8H,2H2,1H3. The van der Waals surface area contributed by atoms with E-state index in [1.54, 1.807) is 18.2 Å². The van der Waals surface area contributed by atoms with E-state index in [1.165, 1.54) is 0 Å². The third-order valence-electron chi connectivity index (χ3n) is 2.39. The maximum Gasteiger partial charge on any atom is 0.228 e. The van der Waals surface area contributed by atoms with Gasteiger partial charge in [0.05, 0.1) is 0 Å². The van der Waals surface area contributed by atoms with E-state index in [4.69, 9.17) is 16.0 Å². The van der Waals surface area contributed by atoms with Crippen molar-refractivity contribution in [2.45, 2.75) is 13.3 Å². The number of aryl methyl sites for hydroxylation is 1. The summed E-state index contributed by atoms with van der Waals surface area (Å²) in [6, 6.07) is 10.7. The lowest BCUT2D eigenvalue weighted by Gasteiger charge is -2.00. The zero-order chi connectivity index (χ0) is 11.5. The number of hydrogen-bond acceptors (Lipinski definition) is 2. The van der Waals surface area contributed by atoms with Gasteiger partial charge >= 0.3 is 0 Å². The number of hydrogen-bond donors (Lipinski definition) is 0. The van der Waals surface area contributed by atoms with Crippen LogP contribution in [0.4, 0.5) is 0 Å². The zero-order valence-electron chi connectivity index (χ0n) is 8.87. The second-order valence-electron chi connectivity index (χ2n) is 3.49. The lowest BCUT2D eigenvalue weighted by atomic mass is 10.0. The van der Waals surface area contributed by atoms with Crippen LogP contribution in [0.5, 0.6) is 0 Å². The van der Waals surface area contributed by atoms with E-state index < -0.39 is 0 Å². The third-order valence-corrected chi connectivity index (χ3v) is 2.60. The van der Waals surface area contributed by atoms with E-state index in [0.717, 1.165) is 12.0 Å². The molecule has 2 rings (SSSR count). The molecule has 82 valence electrons. The quantitative estimate of drug-likeness (QED) is 0.758. The summed E-state index contributed by atoms with van der Waals surface area (Å²) in [6.45, 7) is 2.05. The van der Waals surface area contributed by atoms with E-state index in [2.05, 4.69) is 0 Å². The highest BCUT2D eigenvalue weighted by molar-refractivity contribution is 6.29. The van der Waals surface area contributed by atoms with Gasteiger partial charge in [0.1, 0.15) is 0 Å². The number of furan rings is 1. The molecule has 16 heavy (non-hydrogen) atoms. The molecule has 0 bridgehead atoms. The number of halogens is 1. The summed E-state index contributed by atoms with van der Waals surface area (Å²) in [5.74, 6) is 0.139. The molecular weight excluding hydrogens is 224 g/mol. The average Bonchev–Trinajstić information content (AvgIpc) is 2.75. The Morgan fingerprint density at radius 1 is 1.31 bits per heavy atom. The molecule has 0 aliphatic rings. The summed E-state index contributed by atoms with van der Waals surface area (Å²) in [4.78, 5) is 12.0. The Morgan fingerprint density at radius 2 is 2.12 bits per heavy atom. The lowest BCUT2D eigenvalue weighted by Crippen LogP contribution is -2.00. The molecule has 0 fully saturated rings. The molecule has 0 amide bonds. The van der Waals surface area contributed by atoms with Gasteiger partial charge in [-0.05, 0) is 41.8 Å². The number of benzene rings is 1. The fourth-order valence-corrected chi connectivity index (χ4v) is 1.66. The van der Waals surface area contributed by atoms with Gasteiger partial charge in [-0.1, -0.05) is 25.1 Å². The highest BCUT2D eigenvalue weighted by atomic mass is 35.5. The van der Waals surface area contributed by atoms with E-state index in [9.17, 15) is 4.79 Å². The normalized spacial score (nSPS) is 10.4. The topological polar surface area (TPSA) is 30.2 Å². The molecule has 0 spiro atoms. The predicted molar refractivity (Wildman–Crippen MR) is 63.0 cm³/mol. The molecule has 3 heteroatoms. The van der Waals surface area contributed by atoms with Crippen LogP contribution < -0.4 is 0 Å². The minimum atomic E-state index is -0.137.